The summed E-state index contributed by atoms with van der Waals surface area (Å²) in [6, 6.07) is 0.733. The van der Waals surface area contributed by atoms with Crippen LogP contribution in [0.4, 0.5) is 0 Å². The molecule has 0 heterocycles. The average molecular weight is 215 g/mol. The Morgan fingerprint density at radius 1 is 1.47 bits per heavy atom. The number of carbonyl (C=O) groups excluding carboxylic acids is 1. The normalized spacial score (nSPS) is 16.5. The number of carbonyl (C=O) groups is 1. The third-order valence-corrected chi connectivity index (χ3v) is 2.81. The van der Waals surface area contributed by atoms with Gasteiger partial charge in [0.15, 0.2) is 0 Å². The van der Waals surface area contributed by atoms with Crippen LogP contribution < -0.4 is 0 Å². The van der Waals surface area contributed by atoms with Gasteiger partial charge in [-0.15, -0.1) is 0 Å². The van der Waals surface area contributed by atoms with Gasteiger partial charge < -0.3 is 14.4 Å². The molecule has 0 aromatic heterocycles. The summed E-state index contributed by atoms with van der Waals surface area (Å²) in [5.41, 5.74) is 0. The van der Waals surface area contributed by atoms with Crippen molar-refractivity contribution >= 4 is 5.97 Å². The fraction of sp³-hybridized carbons (Fsp3) is 0.909. The molecule has 1 fully saturated rings. The first-order chi connectivity index (χ1) is 7.24. The van der Waals surface area contributed by atoms with Crippen molar-refractivity contribution in [1.29, 1.82) is 0 Å². The average Bonchev–Trinajstić information content (AvgIpc) is 2.10. The van der Waals surface area contributed by atoms with E-state index in [1.165, 1.54) is 19.3 Å². The molecule has 0 bridgehead atoms. The quantitative estimate of drug-likeness (QED) is 0.470. The van der Waals surface area contributed by atoms with Gasteiger partial charge in [0.1, 0.15) is 6.61 Å². The Hall–Kier alpha value is -0.610. The second kappa shape index (κ2) is 6.80. The van der Waals surface area contributed by atoms with Crippen LogP contribution in [-0.4, -0.2) is 50.3 Å². The minimum absolute atomic E-state index is 0.0757. The van der Waals surface area contributed by atoms with Crippen LogP contribution in [0.3, 0.4) is 0 Å². The molecule has 4 nitrogen and oxygen atoms in total. The lowest BCUT2D eigenvalue weighted by Gasteiger charge is -2.34. The van der Waals surface area contributed by atoms with E-state index in [9.17, 15) is 4.79 Å². The van der Waals surface area contributed by atoms with Gasteiger partial charge in [0.05, 0.1) is 13.2 Å². The van der Waals surface area contributed by atoms with Crippen molar-refractivity contribution in [2.45, 2.75) is 32.2 Å². The fourth-order valence-corrected chi connectivity index (χ4v) is 1.58. The second-order valence-electron chi connectivity index (χ2n) is 3.92. The van der Waals surface area contributed by atoms with Crippen LogP contribution in [0, 0.1) is 0 Å². The number of ether oxygens (including phenoxy) is 2. The van der Waals surface area contributed by atoms with E-state index in [-0.39, 0.29) is 12.6 Å². The maximum atomic E-state index is 10.9. The monoisotopic (exact) mass is 215 g/mol. The van der Waals surface area contributed by atoms with Gasteiger partial charge in [-0.25, -0.2) is 4.79 Å². The molecule has 0 saturated heterocycles. The maximum Gasteiger partial charge on any atom is 0.332 e. The Bertz CT molecular complexity index is 192. The number of rotatable bonds is 7. The summed E-state index contributed by atoms with van der Waals surface area (Å²) < 4.78 is 9.97. The Labute approximate surface area is 91.5 Å². The van der Waals surface area contributed by atoms with Crippen LogP contribution in [-0.2, 0) is 14.3 Å². The third kappa shape index (κ3) is 4.62. The summed E-state index contributed by atoms with van der Waals surface area (Å²) in [6.45, 7) is 3.79. The number of likely N-dealkylation sites (N-methyl/N-ethyl adjacent to an activating group) is 1. The highest BCUT2D eigenvalue weighted by atomic mass is 16.6. The molecular weight excluding hydrogens is 194 g/mol. The van der Waals surface area contributed by atoms with Gasteiger partial charge >= 0.3 is 5.97 Å². The number of esters is 1. The van der Waals surface area contributed by atoms with Crippen molar-refractivity contribution in [3.8, 4) is 0 Å². The van der Waals surface area contributed by atoms with Crippen molar-refractivity contribution in [3.63, 3.8) is 0 Å². The third-order valence-electron chi connectivity index (χ3n) is 2.81. The van der Waals surface area contributed by atoms with Gasteiger partial charge in [0.25, 0.3) is 0 Å². The molecule has 4 heteroatoms. The van der Waals surface area contributed by atoms with Crippen LogP contribution in [0.2, 0.25) is 0 Å². The van der Waals surface area contributed by atoms with Crippen molar-refractivity contribution < 1.29 is 14.3 Å². The molecule has 1 aliphatic carbocycles. The Morgan fingerprint density at radius 3 is 2.73 bits per heavy atom. The van der Waals surface area contributed by atoms with Gasteiger partial charge in [0, 0.05) is 12.6 Å². The molecule has 0 amide bonds. The molecule has 0 atom stereocenters. The molecule has 1 saturated carbocycles. The van der Waals surface area contributed by atoms with Crippen LogP contribution in [0.15, 0.2) is 0 Å². The highest BCUT2D eigenvalue weighted by Crippen LogP contribution is 2.22. The zero-order valence-corrected chi connectivity index (χ0v) is 9.70. The highest BCUT2D eigenvalue weighted by Gasteiger charge is 2.21. The highest BCUT2D eigenvalue weighted by molar-refractivity contribution is 5.70. The Morgan fingerprint density at radius 2 is 2.20 bits per heavy atom. The summed E-state index contributed by atoms with van der Waals surface area (Å²) in [5, 5.41) is 0. The lowest BCUT2D eigenvalue weighted by Crippen LogP contribution is -2.39. The molecule has 0 aliphatic heterocycles. The van der Waals surface area contributed by atoms with E-state index >= 15 is 0 Å². The van der Waals surface area contributed by atoms with E-state index in [1.54, 1.807) is 6.92 Å². The molecule has 1 rings (SSSR count). The van der Waals surface area contributed by atoms with E-state index in [1.807, 2.05) is 0 Å². The van der Waals surface area contributed by atoms with E-state index in [2.05, 4.69) is 11.9 Å². The summed E-state index contributed by atoms with van der Waals surface area (Å²) in [6.07, 6.45) is 3.95. The zero-order chi connectivity index (χ0) is 11.1. The number of nitrogens with zero attached hydrogens (tertiary/aromatic N) is 1. The topological polar surface area (TPSA) is 38.8 Å². The van der Waals surface area contributed by atoms with Crippen molar-refractivity contribution in [1.82, 2.24) is 4.90 Å². The summed E-state index contributed by atoms with van der Waals surface area (Å²) in [7, 11) is 2.11. The standard InChI is InChI=1S/C11H21NO3/c1-3-15-11(13)9-14-8-7-12(2)10-5-4-6-10/h10H,3-9H2,1-2H3. The Kier molecular flexibility index (Phi) is 5.65. The summed E-state index contributed by atoms with van der Waals surface area (Å²) in [5.74, 6) is -0.274. The van der Waals surface area contributed by atoms with E-state index in [0.717, 1.165) is 12.6 Å². The van der Waals surface area contributed by atoms with Crippen molar-refractivity contribution in [3.05, 3.63) is 0 Å². The second-order valence-corrected chi connectivity index (χ2v) is 3.92. The van der Waals surface area contributed by atoms with Gasteiger partial charge in [-0.05, 0) is 26.8 Å². The lowest BCUT2D eigenvalue weighted by atomic mass is 9.92. The van der Waals surface area contributed by atoms with Gasteiger partial charge in [-0.3, -0.25) is 0 Å². The molecule has 0 aromatic carbocycles. The zero-order valence-electron chi connectivity index (χ0n) is 9.70. The summed E-state index contributed by atoms with van der Waals surface area (Å²) in [4.78, 5) is 13.2. The smallest absolute Gasteiger partial charge is 0.332 e. The number of hydrogen-bond acceptors (Lipinski definition) is 4. The largest absolute Gasteiger partial charge is 0.464 e. The predicted molar refractivity (Wildman–Crippen MR) is 57.7 cm³/mol. The Balaban J connectivity index is 1.93. The molecule has 0 unspecified atom stereocenters. The SMILES string of the molecule is CCOC(=O)COCCN(C)C1CCC1. The molecule has 0 spiro atoms. The molecule has 88 valence electrons. The van der Waals surface area contributed by atoms with Gasteiger partial charge in [0.2, 0.25) is 0 Å². The van der Waals surface area contributed by atoms with E-state index in [4.69, 9.17) is 9.47 Å². The van der Waals surface area contributed by atoms with Crippen LogP contribution in [0.25, 0.3) is 0 Å². The summed E-state index contributed by atoms with van der Waals surface area (Å²) >= 11 is 0. The molecule has 1 aliphatic rings. The van der Waals surface area contributed by atoms with Crippen molar-refractivity contribution in [2.75, 3.05) is 33.4 Å². The molecule has 0 aromatic rings. The minimum atomic E-state index is -0.274. The van der Waals surface area contributed by atoms with Crippen LogP contribution >= 0.6 is 0 Å². The maximum absolute atomic E-state index is 10.9. The lowest BCUT2D eigenvalue weighted by molar-refractivity contribution is -0.148. The fourth-order valence-electron chi connectivity index (χ4n) is 1.58. The number of hydrogen-bond donors (Lipinski definition) is 0. The van der Waals surface area contributed by atoms with Gasteiger partial charge in [-0.2, -0.15) is 0 Å². The van der Waals surface area contributed by atoms with E-state index in [0.29, 0.717) is 13.2 Å². The van der Waals surface area contributed by atoms with Crippen LogP contribution in [0.1, 0.15) is 26.2 Å². The van der Waals surface area contributed by atoms with Crippen LogP contribution in [0.5, 0.6) is 0 Å². The molecule has 0 N–H and O–H groups in total. The van der Waals surface area contributed by atoms with Crippen molar-refractivity contribution in [2.24, 2.45) is 0 Å². The molecule has 0 radical (unpaired) electrons. The minimum Gasteiger partial charge on any atom is -0.464 e. The first kappa shape index (κ1) is 12.5. The molecule has 15 heavy (non-hydrogen) atoms. The predicted octanol–water partition coefficient (Wildman–Crippen LogP) is 1.05. The first-order valence-electron chi connectivity index (χ1n) is 5.67. The molecular formula is C11H21NO3. The first-order valence-corrected chi connectivity index (χ1v) is 5.67. The van der Waals surface area contributed by atoms with E-state index < -0.39 is 0 Å². The van der Waals surface area contributed by atoms with Gasteiger partial charge in [-0.1, -0.05) is 6.42 Å².